The van der Waals surface area contributed by atoms with Crippen LogP contribution in [0.25, 0.3) is 11.0 Å². The molecule has 0 spiro atoms. The van der Waals surface area contributed by atoms with Gasteiger partial charge in [0.05, 0.1) is 5.56 Å². The first kappa shape index (κ1) is 16.5. The van der Waals surface area contributed by atoms with Crippen LogP contribution in [0.2, 0.25) is 0 Å². The number of hydrogen-bond acceptors (Lipinski definition) is 5. The van der Waals surface area contributed by atoms with Gasteiger partial charge < -0.3 is 14.6 Å². The van der Waals surface area contributed by atoms with Crippen molar-refractivity contribution in [3.05, 3.63) is 39.2 Å². The van der Waals surface area contributed by atoms with Crippen LogP contribution in [-0.2, 0) is 24.2 Å². The SMILES string of the molecule is CC(C)C(NCc1c(O)ccc2c3c(c(=O)oc12)CCC3)C(=O)O. The van der Waals surface area contributed by atoms with Gasteiger partial charge in [0.2, 0.25) is 0 Å². The first-order chi connectivity index (χ1) is 11.4. The molecule has 6 nitrogen and oxygen atoms in total. The molecule has 0 saturated carbocycles. The summed E-state index contributed by atoms with van der Waals surface area (Å²) in [7, 11) is 0. The molecule has 128 valence electrons. The lowest BCUT2D eigenvalue weighted by Crippen LogP contribution is -2.40. The molecule has 3 rings (SSSR count). The molecule has 1 aliphatic carbocycles. The fourth-order valence-corrected chi connectivity index (χ4v) is 3.38. The maximum absolute atomic E-state index is 12.2. The van der Waals surface area contributed by atoms with Crippen LogP contribution in [0.1, 0.15) is 37.0 Å². The average molecular weight is 331 g/mol. The summed E-state index contributed by atoms with van der Waals surface area (Å²) in [6, 6.07) is 2.59. The van der Waals surface area contributed by atoms with Crippen molar-refractivity contribution < 1.29 is 19.4 Å². The Kier molecular flexibility index (Phi) is 4.32. The van der Waals surface area contributed by atoms with Gasteiger partial charge in [-0.25, -0.2) is 4.79 Å². The Labute approximate surface area is 139 Å². The molecule has 0 aliphatic heterocycles. The minimum absolute atomic E-state index is 0.0102. The number of benzene rings is 1. The van der Waals surface area contributed by atoms with Gasteiger partial charge in [-0.15, -0.1) is 0 Å². The predicted molar refractivity (Wildman–Crippen MR) is 89.3 cm³/mol. The van der Waals surface area contributed by atoms with Crippen LogP contribution < -0.4 is 10.9 Å². The van der Waals surface area contributed by atoms with Crippen molar-refractivity contribution in [3.8, 4) is 5.75 Å². The van der Waals surface area contributed by atoms with Crippen LogP contribution in [0.5, 0.6) is 5.75 Å². The van der Waals surface area contributed by atoms with Gasteiger partial charge in [0, 0.05) is 17.5 Å². The van der Waals surface area contributed by atoms with E-state index in [4.69, 9.17) is 4.42 Å². The molecule has 0 bridgehead atoms. The number of phenolic OH excluding ortho intramolecular Hbond substituents is 1. The van der Waals surface area contributed by atoms with Crippen molar-refractivity contribution in [2.75, 3.05) is 0 Å². The van der Waals surface area contributed by atoms with Crippen LogP contribution in [-0.4, -0.2) is 22.2 Å². The summed E-state index contributed by atoms with van der Waals surface area (Å²) in [6.07, 6.45) is 2.46. The lowest BCUT2D eigenvalue weighted by molar-refractivity contribution is -0.140. The van der Waals surface area contributed by atoms with Crippen LogP contribution in [0.4, 0.5) is 0 Å². The zero-order chi connectivity index (χ0) is 17.4. The number of nitrogens with one attached hydrogen (secondary N) is 1. The zero-order valence-corrected chi connectivity index (χ0v) is 13.8. The van der Waals surface area contributed by atoms with Gasteiger partial charge in [0.15, 0.2) is 0 Å². The normalized spacial score (nSPS) is 15.0. The quantitative estimate of drug-likeness (QED) is 0.726. The minimum Gasteiger partial charge on any atom is -0.507 e. The molecule has 1 heterocycles. The first-order valence-corrected chi connectivity index (χ1v) is 8.15. The van der Waals surface area contributed by atoms with E-state index in [1.807, 2.05) is 13.8 Å². The van der Waals surface area contributed by atoms with E-state index >= 15 is 0 Å². The van der Waals surface area contributed by atoms with Crippen molar-refractivity contribution in [3.63, 3.8) is 0 Å². The number of carbonyl (C=O) groups is 1. The standard InChI is InChI=1S/C18H21NO5/c1-9(2)15(17(21)22)19-8-13-14(20)7-6-11-10-4-3-5-12(10)18(23)24-16(11)13/h6-7,9,15,19-20H,3-5,8H2,1-2H3,(H,21,22). The van der Waals surface area contributed by atoms with Crippen molar-refractivity contribution in [1.82, 2.24) is 5.32 Å². The number of aryl methyl sites for hydroxylation is 1. The summed E-state index contributed by atoms with van der Waals surface area (Å²) < 4.78 is 5.47. The minimum atomic E-state index is -0.952. The fraction of sp³-hybridized carbons (Fsp3) is 0.444. The van der Waals surface area contributed by atoms with Gasteiger partial charge >= 0.3 is 11.6 Å². The summed E-state index contributed by atoms with van der Waals surface area (Å²) in [5.41, 5.74) is 2.12. The van der Waals surface area contributed by atoms with E-state index < -0.39 is 12.0 Å². The zero-order valence-electron chi connectivity index (χ0n) is 13.8. The molecule has 0 radical (unpaired) electrons. The van der Waals surface area contributed by atoms with E-state index in [1.165, 1.54) is 0 Å². The molecule has 24 heavy (non-hydrogen) atoms. The third kappa shape index (κ3) is 2.78. The van der Waals surface area contributed by atoms with Gasteiger partial charge in [0.25, 0.3) is 0 Å². The second-order valence-corrected chi connectivity index (χ2v) is 6.58. The van der Waals surface area contributed by atoms with Crippen molar-refractivity contribution in [1.29, 1.82) is 0 Å². The molecule has 0 fully saturated rings. The molecule has 1 aromatic heterocycles. The number of aromatic hydroxyl groups is 1. The summed E-state index contributed by atoms with van der Waals surface area (Å²) in [4.78, 5) is 23.5. The monoisotopic (exact) mass is 331 g/mol. The Morgan fingerprint density at radius 3 is 2.67 bits per heavy atom. The Morgan fingerprint density at radius 1 is 1.29 bits per heavy atom. The van der Waals surface area contributed by atoms with Gasteiger partial charge in [-0.1, -0.05) is 13.8 Å². The number of hydrogen-bond donors (Lipinski definition) is 3. The van der Waals surface area contributed by atoms with Crippen molar-refractivity contribution in [2.45, 2.75) is 45.7 Å². The lowest BCUT2D eigenvalue weighted by atomic mass is 10.0. The molecule has 3 N–H and O–H groups in total. The number of phenols is 1. The van der Waals surface area contributed by atoms with E-state index in [9.17, 15) is 19.8 Å². The molecule has 1 atom stereocenters. The highest BCUT2D eigenvalue weighted by atomic mass is 16.4. The molecule has 1 unspecified atom stereocenters. The van der Waals surface area contributed by atoms with E-state index in [0.717, 1.165) is 35.8 Å². The molecular weight excluding hydrogens is 310 g/mol. The van der Waals surface area contributed by atoms with Crippen LogP contribution in [0.3, 0.4) is 0 Å². The van der Waals surface area contributed by atoms with E-state index in [2.05, 4.69) is 5.32 Å². The lowest BCUT2D eigenvalue weighted by Gasteiger charge is -2.19. The highest BCUT2D eigenvalue weighted by Crippen LogP contribution is 2.33. The Bertz CT molecular complexity index is 853. The molecule has 6 heteroatoms. The third-order valence-corrected chi connectivity index (χ3v) is 4.65. The Balaban J connectivity index is 2.05. The van der Waals surface area contributed by atoms with E-state index in [-0.39, 0.29) is 23.8 Å². The largest absolute Gasteiger partial charge is 0.507 e. The number of aliphatic carboxylic acids is 1. The molecule has 1 aromatic carbocycles. The molecule has 0 saturated heterocycles. The van der Waals surface area contributed by atoms with Crippen molar-refractivity contribution >= 4 is 16.9 Å². The second kappa shape index (κ2) is 6.28. The topological polar surface area (TPSA) is 99.8 Å². The molecule has 1 aliphatic rings. The fourth-order valence-electron chi connectivity index (χ4n) is 3.38. The maximum Gasteiger partial charge on any atom is 0.339 e. The van der Waals surface area contributed by atoms with Crippen LogP contribution in [0.15, 0.2) is 21.3 Å². The van der Waals surface area contributed by atoms with Gasteiger partial charge in [-0.3, -0.25) is 10.1 Å². The average Bonchev–Trinajstić information content (AvgIpc) is 2.99. The number of fused-ring (bicyclic) bond motifs is 3. The van der Waals surface area contributed by atoms with Gasteiger partial charge in [-0.05, 0) is 42.9 Å². The summed E-state index contributed by atoms with van der Waals surface area (Å²) in [5.74, 6) is -1.08. The number of carboxylic acids is 1. The Hall–Kier alpha value is -2.34. The van der Waals surface area contributed by atoms with Gasteiger partial charge in [-0.2, -0.15) is 0 Å². The second-order valence-electron chi connectivity index (χ2n) is 6.58. The van der Waals surface area contributed by atoms with E-state index in [1.54, 1.807) is 12.1 Å². The molecular formula is C18H21NO5. The smallest absolute Gasteiger partial charge is 0.339 e. The summed E-state index contributed by atoms with van der Waals surface area (Å²) >= 11 is 0. The summed E-state index contributed by atoms with van der Waals surface area (Å²) in [6.45, 7) is 3.73. The molecule has 2 aromatic rings. The highest BCUT2D eigenvalue weighted by molar-refractivity contribution is 5.86. The highest BCUT2D eigenvalue weighted by Gasteiger charge is 2.24. The molecule has 0 amide bonds. The first-order valence-electron chi connectivity index (χ1n) is 8.15. The van der Waals surface area contributed by atoms with Crippen molar-refractivity contribution in [2.24, 2.45) is 5.92 Å². The maximum atomic E-state index is 12.2. The Morgan fingerprint density at radius 2 is 2.00 bits per heavy atom. The third-order valence-electron chi connectivity index (χ3n) is 4.65. The van der Waals surface area contributed by atoms with Gasteiger partial charge in [0.1, 0.15) is 17.4 Å². The number of rotatable bonds is 5. The predicted octanol–water partition coefficient (Wildman–Crippen LogP) is 2.19. The van der Waals surface area contributed by atoms with Crippen LogP contribution >= 0.6 is 0 Å². The van der Waals surface area contributed by atoms with Crippen LogP contribution in [0, 0.1) is 5.92 Å². The number of carboxylic acid groups (broad SMARTS) is 1. The van der Waals surface area contributed by atoms with E-state index in [0.29, 0.717) is 11.1 Å². The summed E-state index contributed by atoms with van der Waals surface area (Å²) in [5, 5.41) is 23.2.